The number of likely N-dealkylation sites (N-methyl/N-ethyl adjacent to an activating group) is 1. The number of aromatic nitrogens is 1. The highest BCUT2D eigenvalue weighted by molar-refractivity contribution is 6.01. The molecule has 1 amide bonds. The largest absolute Gasteiger partial charge is 0.416 e. The number of nitrogens with zero attached hydrogens (tertiary/aromatic N) is 4. The average Bonchev–Trinajstić information content (AvgIpc) is 2.83. The smallest absolute Gasteiger partial charge is 0.380 e. The minimum Gasteiger partial charge on any atom is -0.380 e. The number of carbonyl (C=O) groups excluding carboxylic acids is 1. The van der Waals surface area contributed by atoms with Gasteiger partial charge in [-0.2, -0.15) is 18.2 Å². The molecule has 0 bridgehead atoms. The zero-order chi connectivity index (χ0) is 26.3. The number of hydrogen-bond acceptors (Lipinski definition) is 8. The van der Waals surface area contributed by atoms with E-state index in [2.05, 4.69) is 31.1 Å². The zero-order valence-electron chi connectivity index (χ0n) is 20.0. The lowest BCUT2D eigenvalue weighted by Crippen LogP contribution is -2.47. The summed E-state index contributed by atoms with van der Waals surface area (Å²) in [5.41, 5.74) is 5.41. The van der Waals surface area contributed by atoms with Gasteiger partial charge in [0.15, 0.2) is 6.17 Å². The summed E-state index contributed by atoms with van der Waals surface area (Å²) in [5, 5.41) is 2.85. The van der Waals surface area contributed by atoms with Crippen molar-refractivity contribution in [3.8, 4) is 0 Å². The fraction of sp³-hybridized carbons (Fsp3) is 0.391. The Morgan fingerprint density at radius 1 is 1.25 bits per heavy atom. The van der Waals surface area contributed by atoms with E-state index in [1.807, 2.05) is 6.92 Å². The minimum atomic E-state index is -4.46. The number of pyridine rings is 1. The molecule has 2 heterocycles. The number of hydrazine groups is 1. The number of amides is 1. The molecular formula is C23H27F4N7O2. The molecule has 1 aromatic carbocycles. The van der Waals surface area contributed by atoms with Crippen LogP contribution in [0.5, 0.6) is 0 Å². The number of rotatable bonds is 7. The Labute approximate surface area is 205 Å². The minimum absolute atomic E-state index is 0.0380. The van der Waals surface area contributed by atoms with Crippen molar-refractivity contribution < 1.29 is 27.1 Å². The number of alkyl halides is 4. The molecule has 0 fully saturated rings. The Hall–Kier alpha value is -3.74. The van der Waals surface area contributed by atoms with Gasteiger partial charge in [0.05, 0.1) is 30.6 Å². The van der Waals surface area contributed by atoms with Crippen molar-refractivity contribution in [3.63, 3.8) is 0 Å². The molecule has 0 saturated heterocycles. The molecule has 1 aliphatic rings. The van der Waals surface area contributed by atoms with Crippen molar-refractivity contribution in [1.29, 1.82) is 0 Å². The number of anilines is 2. The average molecular weight is 510 g/mol. The summed E-state index contributed by atoms with van der Waals surface area (Å²) < 4.78 is 58.3. The van der Waals surface area contributed by atoms with E-state index in [-0.39, 0.29) is 29.7 Å². The summed E-state index contributed by atoms with van der Waals surface area (Å²) in [6, 6.07) is 6.33. The van der Waals surface area contributed by atoms with Crippen LogP contribution in [-0.4, -0.2) is 67.1 Å². The molecule has 1 unspecified atom stereocenters. The first kappa shape index (κ1) is 26.9. The highest BCUT2D eigenvalue weighted by Crippen LogP contribution is 2.31. The Morgan fingerprint density at radius 3 is 2.72 bits per heavy atom. The van der Waals surface area contributed by atoms with Crippen LogP contribution >= 0.6 is 0 Å². The molecule has 1 aromatic heterocycles. The topological polar surface area (TPSA) is 103 Å². The van der Waals surface area contributed by atoms with Gasteiger partial charge in [-0.1, -0.05) is 6.07 Å². The van der Waals surface area contributed by atoms with Gasteiger partial charge < -0.3 is 15.0 Å². The molecule has 0 saturated carbocycles. The third-order valence-electron chi connectivity index (χ3n) is 5.13. The van der Waals surface area contributed by atoms with Gasteiger partial charge in [-0.05, 0) is 43.7 Å². The summed E-state index contributed by atoms with van der Waals surface area (Å²) in [7, 11) is 1.69. The molecule has 0 radical (unpaired) electrons. The molecule has 36 heavy (non-hydrogen) atoms. The SMILES string of the molecule is CCOCCN(C)C1=NC(NNC(=O)c2ncc(Nc3cccc(C(F)(F)F)c3)cc2C)=NCC1F. The summed E-state index contributed by atoms with van der Waals surface area (Å²) in [6.07, 6.45) is -4.51. The monoisotopic (exact) mass is 509 g/mol. The predicted octanol–water partition coefficient (Wildman–Crippen LogP) is 3.46. The van der Waals surface area contributed by atoms with Crippen LogP contribution in [0.2, 0.25) is 0 Å². The first-order valence-corrected chi connectivity index (χ1v) is 11.1. The summed E-state index contributed by atoms with van der Waals surface area (Å²) >= 11 is 0. The molecule has 3 N–H and O–H groups in total. The van der Waals surface area contributed by atoms with Crippen molar-refractivity contribution in [2.75, 3.05) is 38.7 Å². The molecule has 1 aliphatic heterocycles. The lowest BCUT2D eigenvalue weighted by molar-refractivity contribution is -0.137. The first-order chi connectivity index (χ1) is 17.1. The molecule has 1 atom stereocenters. The summed E-state index contributed by atoms with van der Waals surface area (Å²) in [5.74, 6) is -0.388. The van der Waals surface area contributed by atoms with Gasteiger partial charge in [0.2, 0.25) is 5.96 Å². The second kappa shape index (κ2) is 11.8. The number of benzene rings is 1. The fourth-order valence-electron chi connectivity index (χ4n) is 3.31. The Morgan fingerprint density at radius 2 is 2.03 bits per heavy atom. The van der Waals surface area contributed by atoms with Crippen LogP contribution in [0.1, 0.15) is 28.5 Å². The molecule has 2 aromatic rings. The van der Waals surface area contributed by atoms with Gasteiger partial charge in [0.25, 0.3) is 5.91 Å². The third-order valence-corrected chi connectivity index (χ3v) is 5.13. The highest BCUT2D eigenvalue weighted by Gasteiger charge is 2.30. The van der Waals surface area contributed by atoms with E-state index in [1.54, 1.807) is 24.9 Å². The van der Waals surface area contributed by atoms with Gasteiger partial charge in [-0.3, -0.25) is 15.6 Å². The lowest BCUT2D eigenvalue weighted by atomic mass is 10.1. The molecule has 3 rings (SSSR count). The van der Waals surface area contributed by atoms with E-state index < -0.39 is 23.8 Å². The van der Waals surface area contributed by atoms with Crippen LogP contribution in [0, 0.1) is 6.92 Å². The predicted molar refractivity (Wildman–Crippen MR) is 128 cm³/mol. The third kappa shape index (κ3) is 7.13. The maximum atomic E-state index is 14.3. The van der Waals surface area contributed by atoms with Crippen LogP contribution in [0.15, 0.2) is 46.5 Å². The van der Waals surface area contributed by atoms with Gasteiger partial charge in [-0.25, -0.2) is 14.4 Å². The Kier molecular flexibility index (Phi) is 8.80. The Bertz CT molecular complexity index is 1140. The van der Waals surface area contributed by atoms with Gasteiger partial charge in [0, 0.05) is 25.9 Å². The maximum absolute atomic E-state index is 14.3. The number of halogens is 4. The number of ether oxygens (including phenoxy) is 1. The number of hydrogen-bond donors (Lipinski definition) is 3. The fourth-order valence-corrected chi connectivity index (χ4v) is 3.31. The number of guanidine groups is 1. The summed E-state index contributed by atoms with van der Waals surface area (Å²) in [4.78, 5) is 26.5. The number of nitrogens with one attached hydrogen (secondary N) is 3. The van der Waals surface area contributed by atoms with Crippen molar-refractivity contribution in [2.24, 2.45) is 9.98 Å². The Balaban J connectivity index is 1.61. The van der Waals surface area contributed by atoms with E-state index in [4.69, 9.17) is 4.74 Å². The molecule has 0 aliphatic carbocycles. The number of amidine groups is 1. The van der Waals surface area contributed by atoms with Crippen LogP contribution in [0.25, 0.3) is 0 Å². The standard InChI is InChI=1S/C23H27F4N7O2/c1-4-36-9-8-34(3)20-18(24)13-29-22(31-20)33-32-21(35)19-14(2)10-17(12-28-19)30-16-7-5-6-15(11-16)23(25,26)27/h5-7,10-12,18,30H,4,8-9,13H2,1-3H3,(H,29,33)(H,32,35). The molecule has 194 valence electrons. The van der Waals surface area contributed by atoms with Crippen molar-refractivity contribution >= 4 is 29.1 Å². The highest BCUT2D eigenvalue weighted by atomic mass is 19.4. The van der Waals surface area contributed by atoms with Crippen molar-refractivity contribution in [3.05, 3.63) is 53.3 Å². The van der Waals surface area contributed by atoms with Crippen LogP contribution < -0.4 is 16.2 Å². The maximum Gasteiger partial charge on any atom is 0.416 e. The molecule has 13 heteroatoms. The van der Waals surface area contributed by atoms with E-state index in [1.165, 1.54) is 18.3 Å². The van der Waals surface area contributed by atoms with E-state index in [0.29, 0.717) is 31.0 Å². The number of aliphatic imine (C=N–C) groups is 2. The van der Waals surface area contributed by atoms with Gasteiger partial charge >= 0.3 is 6.18 Å². The molecular weight excluding hydrogens is 482 g/mol. The molecule has 9 nitrogen and oxygen atoms in total. The van der Waals surface area contributed by atoms with E-state index >= 15 is 0 Å². The lowest BCUT2D eigenvalue weighted by Gasteiger charge is -2.25. The number of carbonyl (C=O) groups is 1. The van der Waals surface area contributed by atoms with Crippen molar-refractivity contribution in [1.82, 2.24) is 20.7 Å². The summed E-state index contributed by atoms with van der Waals surface area (Å²) in [6.45, 7) is 4.76. The van der Waals surface area contributed by atoms with Gasteiger partial charge in [-0.15, -0.1) is 0 Å². The second-order valence-electron chi connectivity index (χ2n) is 7.89. The quantitative estimate of drug-likeness (QED) is 0.300. The zero-order valence-corrected chi connectivity index (χ0v) is 20.0. The van der Waals surface area contributed by atoms with Crippen LogP contribution in [0.3, 0.4) is 0 Å². The van der Waals surface area contributed by atoms with Crippen molar-refractivity contribution in [2.45, 2.75) is 26.2 Å². The van der Waals surface area contributed by atoms with Gasteiger partial charge in [0.1, 0.15) is 11.5 Å². The second-order valence-corrected chi connectivity index (χ2v) is 7.89. The van der Waals surface area contributed by atoms with E-state index in [9.17, 15) is 22.4 Å². The van der Waals surface area contributed by atoms with Crippen LogP contribution in [0.4, 0.5) is 28.9 Å². The van der Waals surface area contributed by atoms with E-state index in [0.717, 1.165) is 12.1 Å². The molecule has 0 spiro atoms. The van der Waals surface area contributed by atoms with Crippen LogP contribution in [-0.2, 0) is 10.9 Å². The first-order valence-electron chi connectivity index (χ1n) is 11.1. The number of aryl methyl sites for hydroxylation is 1. The normalized spacial score (nSPS) is 15.6.